The summed E-state index contributed by atoms with van der Waals surface area (Å²) in [7, 11) is 0. The third-order valence-electron chi connectivity index (χ3n) is 1.44. The average molecular weight is 341 g/mol. The van der Waals surface area contributed by atoms with Crippen LogP contribution in [0.15, 0.2) is 24.3 Å². The molecule has 0 unspecified atom stereocenters. The maximum absolute atomic E-state index is 11.2. The molecule has 0 aliphatic rings. The second-order valence-electron chi connectivity index (χ2n) is 2.42. The number of hydrogen-bond donors (Lipinski definition) is 0. The smallest absolute Gasteiger partial charge is 1.00 e. The molecule has 1 aromatic carbocycles. The van der Waals surface area contributed by atoms with Crippen LogP contribution in [0.5, 0.6) is 0 Å². The van der Waals surface area contributed by atoms with Gasteiger partial charge in [0.05, 0.1) is 0 Å². The van der Waals surface area contributed by atoms with Crippen molar-refractivity contribution >= 4 is 10.1 Å². The topological polar surface area (TPSA) is 26.3 Å². The molecule has 0 heterocycles. The predicted octanol–water partition coefficient (Wildman–Crippen LogP) is -1.96. The van der Waals surface area contributed by atoms with Gasteiger partial charge in [0.1, 0.15) is 0 Å². The first-order chi connectivity index (χ1) is 5.74. The van der Waals surface area contributed by atoms with Gasteiger partial charge in [-0.05, 0) is 0 Å². The molecule has 0 aliphatic carbocycles. The number of esters is 1. The monoisotopic (exact) mass is 340 g/mol. The second-order valence-corrected chi connectivity index (χ2v) is 4.13. The van der Waals surface area contributed by atoms with Crippen molar-refractivity contribution < 1.29 is 51.8 Å². The van der Waals surface area contributed by atoms with E-state index in [2.05, 4.69) is 0 Å². The molecule has 0 N–H and O–H groups in total. The number of carbonyl (C=O) groups is 1. The fourth-order valence-electron chi connectivity index (χ4n) is 0.913. The Morgan fingerprint density at radius 1 is 1.54 bits per heavy atom. The summed E-state index contributed by atoms with van der Waals surface area (Å²) in [5, 5.41) is 0. The number of hydrogen-bond acceptors (Lipinski definition) is 2. The summed E-state index contributed by atoms with van der Waals surface area (Å²) in [4.78, 5) is 11.2. The number of benzene rings is 1. The van der Waals surface area contributed by atoms with Crippen molar-refractivity contribution in [3.05, 3.63) is 29.8 Å². The van der Waals surface area contributed by atoms with Gasteiger partial charge in [0.15, 0.2) is 0 Å². The maximum atomic E-state index is 11.2. The van der Waals surface area contributed by atoms with Gasteiger partial charge in [0.25, 0.3) is 0 Å². The second kappa shape index (κ2) is 6.49. The van der Waals surface area contributed by atoms with Crippen molar-refractivity contribution in [1.29, 1.82) is 0 Å². The van der Waals surface area contributed by atoms with Gasteiger partial charge in [-0.1, -0.05) is 0 Å². The number of ether oxygens (including phenoxy) is 1. The molecular formula is C9H9IO2Zn. The van der Waals surface area contributed by atoms with Crippen LogP contribution < -0.4 is 28.1 Å². The normalized spacial score (nSPS) is 8.85. The SMILES string of the molecule is CCOC(=O)c1ccc[c]([Zn+])c1.[I-]. The average Bonchev–Trinajstić information content (AvgIpc) is 2.05. The maximum Gasteiger partial charge on any atom is -1.00 e. The molecule has 1 aromatic rings. The Hall–Kier alpha value is 0.0434. The van der Waals surface area contributed by atoms with E-state index in [1.807, 2.05) is 25.1 Å². The van der Waals surface area contributed by atoms with Gasteiger partial charge in [-0.15, -0.1) is 0 Å². The zero-order valence-corrected chi connectivity index (χ0v) is 12.5. The standard InChI is InChI=1S/C9H9O2.HI.Zn/c1-2-11-9(10)8-6-4-3-5-7-8;;/h3-4,6-7H,2H2,1H3;1H;/q;;+1/p-1. The van der Waals surface area contributed by atoms with Gasteiger partial charge in [0.2, 0.25) is 0 Å². The molecule has 0 aliphatic heterocycles. The molecular weight excluding hydrogens is 332 g/mol. The minimum atomic E-state index is -0.229. The molecule has 1 rings (SSSR count). The quantitative estimate of drug-likeness (QED) is 0.355. The molecule has 4 heteroatoms. The fraction of sp³-hybridized carbons (Fsp3) is 0.222. The third kappa shape index (κ3) is 4.18. The predicted molar refractivity (Wildman–Crippen MR) is 42.0 cm³/mol. The van der Waals surface area contributed by atoms with E-state index < -0.39 is 0 Å². The Morgan fingerprint density at radius 3 is 2.77 bits per heavy atom. The number of halogens is 1. The summed E-state index contributed by atoms with van der Waals surface area (Å²) in [6.07, 6.45) is 0. The van der Waals surface area contributed by atoms with E-state index in [9.17, 15) is 4.79 Å². The molecule has 0 radical (unpaired) electrons. The Bertz CT molecular complexity index is 289. The Kier molecular flexibility index (Phi) is 6.51. The largest absolute Gasteiger partial charge is 1.00 e. The van der Waals surface area contributed by atoms with Crippen LogP contribution in [0.2, 0.25) is 0 Å². The van der Waals surface area contributed by atoms with Crippen LogP contribution >= 0.6 is 0 Å². The van der Waals surface area contributed by atoms with Gasteiger partial charge in [-0.25, -0.2) is 0 Å². The molecule has 0 bridgehead atoms. The van der Waals surface area contributed by atoms with Gasteiger partial charge >= 0.3 is 81.3 Å². The molecule has 2 nitrogen and oxygen atoms in total. The summed E-state index contributed by atoms with van der Waals surface area (Å²) in [5.74, 6) is -0.229. The van der Waals surface area contributed by atoms with E-state index in [1.54, 1.807) is 6.07 Å². The van der Waals surface area contributed by atoms with E-state index in [1.165, 1.54) is 4.16 Å². The first-order valence-corrected chi connectivity index (χ1v) is 5.31. The van der Waals surface area contributed by atoms with Gasteiger partial charge in [0, 0.05) is 0 Å². The molecule has 0 aromatic heterocycles. The van der Waals surface area contributed by atoms with Crippen LogP contribution in [-0.2, 0) is 23.0 Å². The summed E-state index contributed by atoms with van der Waals surface area (Å²) in [6.45, 7) is 2.24. The zero-order valence-electron chi connectivity index (χ0n) is 7.42. The minimum absolute atomic E-state index is 0. The van der Waals surface area contributed by atoms with Crippen molar-refractivity contribution in [1.82, 2.24) is 0 Å². The van der Waals surface area contributed by atoms with Crippen LogP contribution in [0.3, 0.4) is 0 Å². The van der Waals surface area contributed by atoms with E-state index in [4.69, 9.17) is 4.74 Å². The van der Waals surface area contributed by atoms with Gasteiger partial charge in [-0.3, -0.25) is 0 Å². The number of carbonyl (C=O) groups excluding carboxylic acids is 1. The zero-order chi connectivity index (χ0) is 8.97. The molecule has 0 spiro atoms. The third-order valence-corrected chi connectivity index (χ3v) is 2.36. The van der Waals surface area contributed by atoms with Crippen LogP contribution in [-0.4, -0.2) is 12.6 Å². The molecule has 0 atom stereocenters. The summed E-state index contributed by atoms with van der Waals surface area (Å²) in [5.41, 5.74) is 0.653. The Balaban J connectivity index is 0.00000144. The summed E-state index contributed by atoms with van der Waals surface area (Å²) < 4.78 is 6.05. The Morgan fingerprint density at radius 2 is 2.23 bits per heavy atom. The Labute approximate surface area is 105 Å². The summed E-state index contributed by atoms with van der Waals surface area (Å²) >= 11 is 1.06. The van der Waals surface area contributed by atoms with Gasteiger partial charge < -0.3 is 24.0 Å². The summed E-state index contributed by atoms with van der Waals surface area (Å²) in [6, 6.07) is 7.53. The van der Waals surface area contributed by atoms with Crippen molar-refractivity contribution in [2.45, 2.75) is 6.92 Å². The van der Waals surface area contributed by atoms with Crippen molar-refractivity contribution in [2.24, 2.45) is 0 Å². The van der Waals surface area contributed by atoms with E-state index in [-0.39, 0.29) is 29.9 Å². The minimum Gasteiger partial charge on any atom is -1.00 e. The molecule has 0 amide bonds. The molecule has 0 saturated heterocycles. The number of rotatable bonds is 2. The van der Waals surface area contributed by atoms with E-state index >= 15 is 0 Å². The first-order valence-electron chi connectivity index (χ1n) is 3.83. The fourth-order valence-corrected chi connectivity index (χ4v) is 1.66. The first kappa shape index (κ1) is 13.0. The van der Waals surface area contributed by atoms with Crippen LogP contribution in [0.1, 0.15) is 17.3 Å². The van der Waals surface area contributed by atoms with Crippen molar-refractivity contribution in [3.63, 3.8) is 0 Å². The molecule has 66 valence electrons. The van der Waals surface area contributed by atoms with Crippen LogP contribution in [0.25, 0.3) is 0 Å². The van der Waals surface area contributed by atoms with Gasteiger partial charge in [-0.2, -0.15) is 0 Å². The van der Waals surface area contributed by atoms with Crippen molar-refractivity contribution in [2.75, 3.05) is 6.61 Å². The van der Waals surface area contributed by atoms with Crippen LogP contribution in [0, 0.1) is 0 Å². The van der Waals surface area contributed by atoms with Crippen LogP contribution in [0.4, 0.5) is 0 Å². The van der Waals surface area contributed by atoms with E-state index in [0.717, 1.165) is 18.3 Å². The van der Waals surface area contributed by atoms with E-state index in [0.29, 0.717) is 12.2 Å². The van der Waals surface area contributed by atoms with Crippen molar-refractivity contribution in [3.8, 4) is 0 Å². The molecule has 0 saturated carbocycles. The molecule has 13 heavy (non-hydrogen) atoms. The molecule has 0 fully saturated rings.